The first-order valence-electron chi connectivity index (χ1n) is 10.0. The average Bonchev–Trinajstić information content (AvgIpc) is 2.69. The quantitative estimate of drug-likeness (QED) is 0.675. The van der Waals surface area contributed by atoms with E-state index in [4.69, 9.17) is 9.40 Å². The first kappa shape index (κ1) is 18.8. The molecular formula is C23H27N3O2. The van der Waals surface area contributed by atoms with E-state index in [1.807, 2.05) is 24.4 Å². The molecule has 3 heterocycles. The molecule has 0 amide bonds. The smallest absolute Gasteiger partial charge is 0.197 e. The molecule has 146 valence electrons. The molecule has 1 aliphatic rings. The lowest BCUT2D eigenvalue weighted by Crippen LogP contribution is -2.32. The van der Waals surface area contributed by atoms with E-state index >= 15 is 0 Å². The van der Waals surface area contributed by atoms with Crippen LogP contribution in [0.4, 0.5) is 0 Å². The third-order valence-electron chi connectivity index (χ3n) is 5.48. The van der Waals surface area contributed by atoms with Gasteiger partial charge in [0, 0.05) is 55.0 Å². The van der Waals surface area contributed by atoms with E-state index < -0.39 is 0 Å². The van der Waals surface area contributed by atoms with Gasteiger partial charge in [0.25, 0.3) is 0 Å². The van der Waals surface area contributed by atoms with Gasteiger partial charge in [0.05, 0.1) is 11.6 Å². The zero-order chi connectivity index (χ0) is 19.8. The minimum Gasteiger partial charge on any atom is -0.464 e. The topological polar surface area (TPSA) is 59.2 Å². The fraction of sp³-hybridized carbons (Fsp3) is 0.435. The van der Waals surface area contributed by atoms with Crippen molar-refractivity contribution in [3.05, 3.63) is 69.1 Å². The maximum absolute atomic E-state index is 13.0. The predicted octanol–water partition coefficient (Wildman–Crippen LogP) is 4.39. The molecule has 0 aliphatic carbocycles. The summed E-state index contributed by atoms with van der Waals surface area (Å²) >= 11 is 0. The van der Waals surface area contributed by atoms with Gasteiger partial charge in [-0.2, -0.15) is 0 Å². The Balaban J connectivity index is 1.58. The van der Waals surface area contributed by atoms with Crippen LogP contribution in [0.25, 0.3) is 11.0 Å². The first-order valence-corrected chi connectivity index (χ1v) is 10.0. The van der Waals surface area contributed by atoms with E-state index in [-0.39, 0.29) is 5.43 Å². The molecule has 1 aromatic carbocycles. The summed E-state index contributed by atoms with van der Waals surface area (Å²) in [6.45, 7) is 10.7. The Hall–Kier alpha value is -2.53. The lowest BCUT2D eigenvalue weighted by atomic mass is 10.0. The third kappa shape index (κ3) is 3.59. The summed E-state index contributed by atoms with van der Waals surface area (Å²) in [4.78, 5) is 24.5. The second-order valence-corrected chi connectivity index (χ2v) is 8.32. The van der Waals surface area contributed by atoms with Crippen LogP contribution in [0.1, 0.15) is 67.7 Å². The monoisotopic (exact) mass is 377 g/mol. The van der Waals surface area contributed by atoms with Crippen LogP contribution >= 0.6 is 0 Å². The summed E-state index contributed by atoms with van der Waals surface area (Å²) in [6.07, 6.45) is 4.45. The highest BCUT2D eigenvalue weighted by molar-refractivity contribution is 5.77. The summed E-state index contributed by atoms with van der Waals surface area (Å²) in [5.74, 6) is 1.62. The number of aromatic nitrogens is 2. The molecule has 0 bridgehead atoms. The number of fused-ring (bicyclic) bond motifs is 2. The van der Waals surface area contributed by atoms with Gasteiger partial charge in [-0.15, -0.1) is 0 Å². The minimum absolute atomic E-state index is 0.0703. The molecule has 0 unspecified atom stereocenters. The Kier molecular flexibility index (Phi) is 5.02. The fourth-order valence-corrected chi connectivity index (χ4v) is 3.70. The van der Waals surface area contributed by atoms with Crippen LogP contribution in [0.15, 0.2) is 39.9 Å². The Morgan fingerprint density at radius 1 is 1.18 bits per heavy atom. The fourth-order valence-electron chi connectivity index (χ4n) is 3.70. The Bertz CT molecular complexity index is 1070. The third-order valence-corrected chi connectivity index (χ3v) is 5.48. The van der Waals surface area contributed by atoms with E-state index in [1.54, 1.807) is 6.26 Å². The highest BCUT2D eigenvalue weighted by Gasteiger charge is 2.20. The van der Waals surface area contributed by atoms with E-state index in [1.165, 1.54) is 0 Å². The van der Waals surface area contributed by atoms with Gasteiger partial charge in [0.1, 0.15) is 11.4 Å². The van der Waals surface area contributed by atoms with E-state index in [0.717, 1.165) is 42.2 Å². The molecule has 5 heteroatoms. The lowest BCUT2D eigenvalue weighted by Gasteiger charge is -2.28. The predicted molar refractivity (Wildman–Crippen MR) is 111 cm³/mol. The zero-order valence-corrected chi connectivity index (χ0v) is 17.0. The van der Waals surface area contributed by atoms with Gasteiger partial charge in [0.15, 0.2) is 5.43 Å². The molecule has 0 N–H and O–H groups in total. The van der Waals surface area contributed by atoms with Crippen LogP contribution < -0.4 is 5.43 Å². The largest absolute Gasteiger partial charge is 0.464 e. The second kappa shape index (κ2) is 7.47. The highest BCUT2D eigenvalue weighted by Crippen LogP contribution is 2.22. The summed E-state index contributed by atoms with van der Waals surface area (Å²) < 4.78 is 5.76. The van der Waals surface area contributed by atoms with E-state index in [2.05, 4.69) is 37.6 Å². The normalized spacial score (nSPS) is 14.8. The van der Waals surface area contributed by atoms with Gasteiger partial charge in [-0.05, 0) is 23.6 Å². The molecule has 0 atom stereocenters. The van der Waals surface area contributed by atoms with E-state index in [9.17, 15) is 4.79 Å². The summed E-state index contributed by atoms with van der Waals surface area (Å²) in [5.41, 5.74) is 4.88. The molecule has 3 aromatic rings. The lowest BCUT2D eigenvalue weighted by molar-refractivity contribution is 0.240. The Labute approximate surface area is 165 Å². The van der Waals surface area contributed by atoms with Crippen molar-refractivity contribution in [1.82, 2.24) is 14.9 Å². The minimum atomic E-state index is 0.0703. The highest BCUT2D eigenvalue weighted by atomic mass is 16.3. The summed E-state index contributed by atoms with van der Waals surface area (Å²) in [7, 11) is 0. The van der Waals surface area contributed by atoms with Crippen LogP contribution in [0.5, 0.6) is 0 Å². The molecule has 2 aromatic heterocycles. The maximum atomic E-state index is 13.0. The Morgan fingerprint density at radius 3 is 2.75 bits per heavy atom. The molecule has 1 aliphatic heterocycles. The van der Waals surface area contributed by atoms with Gasteiger partial charge in [-0.1, -0.05) is 33.8 Å². The standard InChI is InChI=1S/C23H27N3O2/c1-14(2)16-5-6-21-19(9-16)22(27)18(13-28-21)12-26-8-7-20-17(11-26)10-24-23(25-20)15(3)4/h5-6,9-10,13-15H,7-8,11-12H2,1-4H3. The number of hydrogen-bond donors (Lipinski definition) is 0. The van der Waals surface area contributed by atoms with Crippen LogP contribution in [-0.2, 0) is 19.5 Å². The molecule has 28 heavy (non-hydrogen) atoms. The number of rotatable bonds is 4. The van der Waals surface area contributed by atoms with Crippen LogP contribution in [0.2, 0.25) is 0 Å². The Morgan fingerprint density at radius 2 is 2.00 bits per heavy atom. The van der Waals surface area contributed by atoms with Crippen molar-refractivity contribution < 1.29 is 4.42 Å². The van der Waals surface area contributed by atoms with Crippen LogP contribution in [-0.4, -0.2) is 21.4 Å². The van der Waals surface area contributed by atoms with Crippen molar-refractivity contribution in [2.45, 2.75) is 59.0 Å². The molecular weight excluding hydrogens is 350 g/mol. The van der Waals surface area contributed by atoms with Crippen LogP contribution in [0.3, 0.4) is 0 Å². The first-order chi connectivity index (χ1) is 13.4. The number of nitrogens with zero attached hydrogens (tertiary/aromatic N) is 3. The molecule has 0 spiro atoms. The van der Waals surface area contributed by atoms with Crippen molar-refractivity contribution in [2.24, 2.45) is 0 Å². The van der Waals surface area contributed by atoms with Crippen molar-refractivity contribution in [2.75, 3.05) is 6.54 Å². The SMILES string of the molecule is CC(C)c1ccc2occ(CN3CCc4nc(C(C)C)ncc4C3)c(=O)c2c1. The molecule has 0 saturated carbocycles. The van der Waals surface area contributed by atoms with Gasteiger partial charge >= 0.3 is 0 Å². The van der Waals surface area contributed by atoms with Gasteiger partial charge in [-0.25, -0.2) is 9.97 Å². The number of hydrogen-bond acceptors (Lipinski definition) is 5. The van der Waals surface area contributed by atoms with Gasteiger partial charge in [0.2, 0.25) is 0 Å². The second-order valence-electron chi connectivity index (χ2n) is 8.32. The van der Waals surface area contributed by atoms with Crippen molar-refractivity contribution in [3.63, 3.8) is 0 Å². The zero-order valence-electron chi connectivity index (χ0n) is 17.0. The summed E-state index contributed by atoms with van der Waals surface area (Å²) in [6, 6.07) is 5.90. The van der Waals surface area contributed by atoms with Gasteiger partial charge in [-0.3, -0.25) is 9.69 Å². The number of benzene rings is 1. The maximum Gasteiger partial charge on any atom is 0.197 e. The molecule has 0 saturated heterocycles. The van der Waals surface area contributed by atoms with Crippen LogP contribution in [0, 0.1) is 0 Å². The molecule has 0 fully saturated rings. The van der Waals surface area contributed by atoms with Crippen molar-refractivity contribution >= 4 is 11.0 Å². The van der Waals surface area contributed by atoms with Gasteiger partial charge < -0.3 is 4.42 Å². The van der Waals surface area contributed by atoms with E-state index in [0.29, 0.717) is 34.9 Å². The molecule has 5 nitrogen and oxygen atoms in total. The average molecular weight is 377 g/mol. The molecule has 4 rings (SSSR count). The summed E-state index contributed by atoms with van der Waals surface area (Å²) in [5, 5.41) is 0.672. The molecule has 0 radical (unpaired) electrons. The van der Waals surface area contributed by atoms with Crippen molar-refractivity contribution in [1.29, 1.82) is 0 Å². The van der Waals surface area contributed by atoms with Crippen molar-refractivity contribution in [3.8, 4) is 0 Å².